The Morgan fingerprint density at radius 2 is 1.94 bits per heavy atom. The molecule has 0 heterocycles. The van der Waals surface area contributed by atoms with Crippen LogP contribution in [0.1, 0.15) is 46.1 Å². The first kappa shape index (κ1) is 14.4. The molecule has 0 unspecified atom stereocenters. The molecule has 18 heavy (non-hydrogen) atoms. The first-order chi connectivity index (χ1) is 8.19. The number of carbonyl (C=O) groups excluding carboxylic acids is 1. The molecule has 0 atom stereocenters. The van der Waals surface area contributed by atoms with Crippen LogP contribution >= 0.6 is 0 Å². The standard InChI is InChI=1S/C14H21NO3/c1-9(2)11-8-10(16)6-7-12(11)15-13(17)18-14(3,4)5/h6-9,16H,1-5H3,(H,15,17). The fourth-order valence-electron chi connectivity index (χ4n) is 1.56. The highest BCUT2D eigenvalue weighted by Gasteiger charge is 2.17. The van der Waals surface area contributed by atoms with Gasteiger partial charge in [-0.2, -0.15) is 0 Å². The van der Waals surface area contributed by atoms with Crippen LogP contribution in [0.2, 0.25) is 0 Å². The lowest BCUT2D eigenvalue weighted by Crippen LogP contribution is -2.27. The zero-order chi connectivity index (χ0) is 13.9. The van der Waals surface area contributed by atoms with Gasteiger partial charge in [0.05, 0.1) is 0 Å². The molecule has 0 aliphatic carbocycles. The Bertz CT molecular complexity index is 433. The molecule has 0 spiro atoms. The molecule has 0 aliphatic heterocycles. The Kier molecular flexibility index (Phi) is 4.22. The quantitative estimate of drug-likeness (QED) is 0.784. The van der Waals surface area contributed by atoms with Crippen LogP contribution in [0.25, 0.3) is 0 Å². The number of hydrogen-bond donors (Lipinski definition) is 2. The first-order valence-electron chi connectivity index (χ1n) is 6.02. The van der Waals surface area contributed by atoms with Crippen molar-refractivity contribution < 1.29 is 14.6 Å². The Balaban J connectivity index is 2.88. The maximum Gasteiger partial charge on any atom is 0.412 e. The van der Waals surface area contributed by atoms with E-state index in [1.54, 1.807) is 18.2 Å². The predicted octanol–water partition coefficient (Wildman–Crippen LogP) is 3.86. The summed E-state index contributed by atoms with van der Waals surface area (Å²) >= 11 is 0. The third-order valence-corrected chi connectivity index (χ3v) is 2.29. The molecule has 1 aromatic carbocycles. The number of nitrogens with one attached hydrogen (secondary N) is 1. The van der Waals surface area contributed by atoms with E-state index >= 15 is 0 Å². The van der Waals surface area contributed by atoms with Crippen molar-refractivity contribution in [1.82, 2.24) is 0 Å². The molecule has 0 aromatic heterocycles. The molecule has 0 aliphatic rings. The molecular weight excluding hydrogens is 230 g/mol. The molecule has 0 saturated carbocycles. The molecular formula is C14H21NO3. The molecule has 4 heteroatoms. The van der Waals surface area contributed by atoms with E-state index < -0.39 is 11.7 Å². The summed E-state index contributed by atoms with van der Waals surface area (Å²) in [7, 11) is 0. The van der Waals surface area contributed by atoms with E-state index in [1.165, 1.54) is 0 Å². The van der Waals surface area contributed by atoms with Crippen LogP contribution in [-0.2, 0) is 4.74 Å². The third-order valence-electron chi connectivity index (χ3n) is 2.29. The lowest BCUT2D eigenvalue weighted by atomic mass is 10.0. The number of amides is 1. The number of hydrogen-bond acceptors (Lipinski definition) is 3. The molecule has 0 fully saturated rings. The summed E-state index contributed by atoms with van der Waals surface area (Å²) in [5.74, 6) is 0.385. The summed E-state index contributed by atoms with van der Waals surface area (Å²) in [6.07, 6.45) is -0.491. The Hall–Kier alpha value is -1.71. The van der Waals surface area contributed by atoms with E-state index in [0.29, 0.717) is 5.69 Å². The highest BCUT2D eigenvalue weighted by Crippen LogP contribution is 2.28. The molecule has 2 N–H and O–H groups in total. The van der Waals surface area contributed by atoms with Crippen molar-refractivity contribution in [1.29, 1.82) is 0 Å². The predicted molar refractivity (Wildman–Crippen MR) is 72.1 cm³/mol. The zero-order valence-electron chi connectivity index (χ0n) is 11.6. The summed E-state index contributed by atoms with van der Waals surface area (Å²) in [6.45, 7) is 9.43. The molecule has 0 radical (unpaired) electrons. The van der Waals surface area contributed by atoms with E-state index in [1.807, 2.05) is 34.6 Å². The lowest BCUT2D eigenvalue weighted by molar-refractivity contribution is 0.0635. The molecule has 0 saturated heterocycles. The van der Waals surface area contributed by atoms with Crippen LogP contribution in [0.3, 0.4) is 0 Å². The molecule has 1 aromatic rings. The number of aromatic hydroxyl groups is 1. The van der Waals surface area contributed by atoms with E-state index in [9.17, 15) is 9.90 Å². The average molecular weight is 251 g/mol. The minimum Gasteiger partial charge on any atom is -0.508 e. The minimum atomic E-state index is -0.529. The third kappa shape index (κ3) is 4.28. The molecule has 1 amide bonds. The summed E-state index contributed by atoms with van der Waals surface area (Å²) in [5, 5.41) is 12.2. The highest BCUT2D eigenvalue weighted by molar-refractivity contribution is 5.86. The van der Waals surface area contributed by atoms with Crippen molar-refractivity contribution in [3.05, 3.63) is 23.8 Å². The zero-order valence-corrected chi connectivity index (χ0v) is 11.6. The number of ether oxygens (including phenoxy) is 1. The van der Waals surface area contributed by atoms with Crippen molar-refractivity contribution in [2.75, 3.05) is 5.32 Å². The van der Waals surface area contributed by atoms with Gasteiger partial charge in [0, 0.05) is 5.69 Å². The highest BCUT2D eigenvalue weighted by atomic mass is 16.6. The largest absolute Gasteiger partial charge is 0.508 e. The van der Waals surface area contributed by atoms with Gasteiger partial charge >= 0.3 is 6.09 Å². The maximum absolute atomic E-state index is 11.7. The van der Waals surface area contributed by atoms with Crippen molar-refractivity contribution in [2.45, 2.75) is 46.1 Å². The Morgan fingerprint density at radius 3 is 2.44 bits per heavy atom. The summed E-state index contributed by atoms with van der Waals surface area (Å²) in [6, 6.07) is 4.87. The van der Waals surface area contributed by atoms with Gasteiger partial charge in [-0.15, -0.1) is 0 Å². The second-order valence-corrected chi connectivity index (χ2v) is 5.55. The summed E-state index contributed by atoms with van der Waals surface area (Å²) in [4.78, 5) is 11.7. The molecule has 0 bridgehead atoms. The number of carbonyl (C=O) groups is 1. The van der Waals surface area contributed by atoms with Crippen LogP contribution in [0.5, 0.6) is 5.75 Å². The van der Waals surface area contributed by atoms with E-state index in [-0.39, 0.29) is 11.7 Å². The minimum absolute atomic E-state index is 0.188. The van der Waals surface area contributed by atoms with E-state index in [4.69, 9.17) is 4.74 Å². The van der Waals surface area contributed by atoms with Gasteiger partial charge in [0.25, 0.3) is 0 Å². The Labute approximate surface area is 108 Å². The first-order valence-corrected chi connectivity index (χ1v) is 6.02. The lowest BCUT2D eigenvalue weighted by Gasteiger charge is -2.21. The number of rotatable bonds is 2. The number of phenolic OH excluding ortho intramolecular Hbond substituents is 1. The fourth-order valence-corrected chi connectivity index (χ4v) is 1.56. The monoisotopic (exact) mass is 251 g/mol. The smallest absolute Gasteiger partial charge is 0.412 e. The van der Waals surface area contributed by atoms with Gasteiger partial charge < -0.3 is 9.84 Å². The van der Waals surface area contributed by atoms with Crippen molar-refractivity contribution in [2.24, 2.45) is 0 Å². The van der Waals surface area contributed by atoms with Crippen molar-refractivity contribution >= 4 is 11.8 Å². The molecule has 1 rings (SSSR count). The average Bonchev–Trinajstić information content (AvgIpc) is 2.17. The van der Waals surface area contributed by atoms with Crippen LogP contribution in [0, 0.1) is 0 Å². The van der Waals surface area contributed by atoms with Crippen LogP contribution in [-0.4, -0.2) is 16.8 Å². The van der Waals surface area contributed by atoms with Gasteiger partial charge in [0.2, 0.25) is 0 Å². The second kappa shape index (κ2) is 5.29. The maximum atomic E-state index is 11.7. The van der Waals surface area contributed by atoms with Crippen LogP contribution in [0.4, 0.5) is 10.5 Å². The van der Waals surface area contributed by atoms with Crippen LogP contribution in [0.15, 0.2) is 18.2 Å². The summed E-state index contributed by atoms with van der Waals surface area (Å²) < 4.78 is 5.19. The van der Waals surface area contributed by atoms with Gasteiger partial charge in [-0.25, -0.2) is 4.79 Å². The van der Waals surface area contributed by atoms with Crippen molar-refractivity contribution in [3.63, 3.8) is 0 Å². The van der Waals surface area contributed by atoms with Gasteiger partial charge in [-0.3, -0.25) is 5.32 Å². The number of anilines is 1. The second-order valence-electron chi connectivity index (χ2n) is 5.55. The Morgan fingerprint density at radius 1 is 1.33 bits per heavy atom. The van der Waals surface area contributed by atoms with Gasteiger partial charge in [0.15, 0.2) is 0 Å². The van der Waals surface area contributed by atoms with Gasteiger partial charge in [-0.1, -0.05) is 13.8 Å². The van der Waals surface area contributed by atoms with E-state index in [2.05, 4.69) is 5.32 Å². The summed E-state index contributed by atoms with van der Waals surface area (Å²) in [5.41, 5.74) is 1.01. The normalized spacial score (nSPS) is 11.4. The van der Waals surface area contributed by atoms with Crippen molar-refractivity contribution in [3.8, 4) is 5.75 Å². The fraction of sp³-hybridized carbons (Fsp3) is 0.500. The van der Waals surface area contributed by atoms with Gasteiger partial charge in [-0.05, 0) is 50.5 Å². The topological polar surface area (TPSA) is 58.6 Å². The molecule has 100 valence electrons. The molecule has 4 nitrogen and oxygen atoms in total. The number of phenols is 1. The van der Waals surface area contributed by atoms with E-state index in [0.717, 1.165) is 5.56 Å². The number of benzene rings is 1. The van der Waals surface area contributed by atoms with Gasteiger partial charge in [0.1, 0.15) is 11.4 Å². The van der Waals surface area contributed by atoms with Crippen LogP contribution < -0.4 is 5.32 Å². The SMILES string of the molecule is CC(C)c1cc(O)ccc1NC(=O)OC(C)(C)C.